The zero-order chi connectivity index (χ0) is 15.2. The number of rotatable bonds is 7. The molecule has 7 heteroatoms. The maximum Gasteiger partial charge on any atom is 0.289 e. The highest BCUT2D eigenvalue weighted by molar-refractivity contribution is 7.88. The lowest BCUT2D eigenvalue weighted by Crippen LogP contribution is -2.38. The molecule has 0 saturated heterocycles. The van der Waals surface area contributed by atoms with Crippen molar-refractivity contribution in [1.82, 2.24) is 0 Å². The summed E-state index contributed by atoms with van der Waals surface area (Å²) < 4.78 is 30.5. The Labute approximate surface area is 120 Å². The van der Waals surface area contributed by atoms with Crippen LogP contribution in [-0.2, 0) is 18.8 Å². The summed E-state index contributed by atoms with van der Waals surface area (Å²) in [5.41, 5.74) is 0.0636. The number of hydrogen-bond acceptors (Lipinski definition) is 5. The molecule has 1 aromatic carbocycles. The van der Waals surface area contributed by atoms with E-state index in [4.69, 9.17) is 3.87 Å². The van der Waals surface area contributed by atoms with E-state index in [2.05, 4.69) is 4.99 Å². The van der Waals surface area contributed by atoms with Gasteiger partial charge in [-0.2, -0.15) is 13.4 Å². The lowest BCUT2D eigenvalue weighted by atomic mass is 10.3. The smallest absolute Gasteiger partial charge is 0.289 e. The molecule has 0 saturated carbocycles. The Kier molecular flexibility index (Phi) is 5.83. The molecule has 0 bridgehead atoms. The zero-order valence-corrected chi connectivity index (χ0v) is 13.7. The second-order valence-electron chi connectivity index (χ2n) is 4.45. The average Bonchev–Trinajstić information content (AvgIpc) is 2.46. The molecule has 0 unspecified atom stereocenters. The number of benzene rings is 1. The van der Waals surface area contributed by atoms with E-state index < -0.39 is 18.4 Å². The molecule has 0 fully saturated rings. The maximum absolute atomic E-state index is 12.4. The molecule has 5 nitrogen and oxygen atoms in total. The molecular formula is C13H19NO4SSi. The highest BCUT2D eigenvalue weighted by atomic mass is 32.2. The third-order valence-corrected chi connectivity index (χ3v) is 10.6. The number of aliphatic imine (C=N–C) groups is 1. The third kappa shape index (κ3) is 3.64. The monoisotopic (exact) mass is 313 g/mol. The Balaban J connectivity index is 3.27. The normalized spacial score (nSPS) is 11.9. The summed E-state index contributed by atoms with van der Waals surface area (Å²) >= 11 is 0. The summed E-state index contributed by atoms with van der Waals surface area (Å²) in [5.74, 6) is 0. The van der Waals surface area contributed by atoms with E-state index in [-0.39, 0.29) is 10.6 Å². The van der Waals surface area contributed by atoms with Crippen molar-refractivity contribution in [2.45, 2.75) is 43.8 Å². The summed E-state index contributed by atoms with van der Waals surface area (Å²) in [7, 11) is -6.23. The van der Waals surface area contributed by atoms with Crippen LogP contribution in [0.4, 0.5) is 5.69 Å². The fourth-order valence-corrected chi connectivity index (χ4v) is 7.76. The van der Waals surface area contributed by atoms with Gasteiger partial charge in [-0.05, 0) is 30.3 Å². The molecule has 0 radical (unpaired) electrons. The number of isocyanates is 1. The number of para-hydroxylation sites is 1. The van der Waals surface area contributed by atoms with Gasteiger partial charge >= 0.3 is 0 Å². The molecule has 0 amide bonds. The van der Waals surface area contributed by atoms with Crippen LogP contribution in [-0.4, -0.2) is 22.8 Å². The van der Waals surface area contributed by atoms with Gasteiger partial charge in [-0.1, -0.05) is 32.9 Å². The first-order valence-electron chi connectivity index (χ1n) is 6.57. The minimum Gasteiger partial charge on any atom is -0.311 e. The Morgan fingerprint density at radius 3 is 2.20 bits per heavy atom. The van der Waals surface area contributed by atoms with E-state index >= 15 is 0 Å². The molecule has 0 aromatic heterocycles. The summed E-state index contributed by atoms with van der Waals surface area (Å²) in [5, 5.41) is 0. The van der Waals surface area contributed by atoms with Gasteiger partial charge in [0.2, 0.25) is 14.4 Å². The molecule has 0 aliphatic carbocycles. The van der Waals surface area contributed by atoms with Crippen molar-refractivity contribution in [2.75, 3.05) is 0 Å². The maximum atomic E-state index is 12.4. The first kappa shape index (κ1) is 16.8. The molecule has 0 aliphatic heterocycles. The molecule has 0 aliphatic rings. The second kappa shape index (κ2) is 6.94. The van der Waals surface area contributed by atoms with Crippen LogP contribution in [0.2, 0.25) is 18.1 Å². The Morgan fingerprint density at radius 1 is 1.15 bits per heavy atom. The highest BCUT2D eigenvalue weighted by Gasteiger charge is 2.36. The van der Waals surface area contributed by atoms with Gasteiger partial charge < -0.3 is 3.87 Å². The van der Waals surface area contributed by atoms with Crippen LogP contribution in [0.15, 0.2) is 34.2 Å². The molecule has 1 aromatic rings. The standard InChI is InChI=1S/C13H19NO4SSi/c1-4-20(5-2,6-3)18-19(16,17)13-10-8-7-9-12(13)14-11-15/h7-10H,4-6H2,1-3H3. The minimum absolute atomic E-state index is 0.0636. The van der Waals surface area contributed by atoms with Gasteiger partial charge in [0.25, 0.3) is 10.1 Å². The second-order valence-corrected chi connectivity index (χ2v) is 11.0. The van der Waals surface area contributed by atoms with Gasteiger partial charge in [0, 0.05) is 0 Å². The number of carbonyl (C=O) groups excluding carboxylic acids is 1. The SMILES string of the molecule is CC[Si](CC)(CC)OS(=O)(=O)c1ccccc1N=C=O. The predicted octanol–water partition coefficient (Wildman–Crippen LogP) is 3.36. The fraction of sp³-hybridized carbons (Fsp3) is 0.462. The fourth-order valence-electron chi connectivity index (χ4n) is 2.01. The summed E-state index contributed by atoms with van der Waals surface area (Å²) in [6.45, 7) is 5.85. The predicted molar refractivity (Wildman–Crippen MR) is 79.7 cm³/mol. The number of nitrogens with zero attached hydrogens (tertiary/aromatic N) is 1. The van der Waals surface area contributed by atoms with Crippen molar-refractivity contribution in [3.8, 4) is 0 Å². The van der Waals surface area contributed by atoms with Crippen molar-refractivity contribution < 1.29 is 17.1 Å². The van der Waals surface area contributed by atoms with Crippen LogP contribution in [0.3, 0.4) is 0 Å². The van der Waals surface area contributed by atoms with Gasteiger partial charge in [0.1, 0.15) is 4.90 Å². The van der Waals surface area contributed by atoms with E-state index in [1.165, 1.54) is 18.2 Å². The van der Waals surface area contributed by atoms with Crippen molar-refractivity contribution >= 4 is 30.2 Å². The van der Waals surface area contributed by atoms with Gasteiger partial charge in [-0.15, -0.1) is 0 Å². The van der Waals surface area contributed by atoms with Crippen molar-refractivity contribution in [2.24, 2.45) is 4.99 Å². The van der Waals surface area contributed by atoms with Crippen LogP contribution < -0.4 is 0 Å². The lowest BCUT2D eigenvalue weighted by molar-refractivity contribution is 0.475. The van der Waals surface area contributed by atoms with Gasteiger partial charge in [0.15, 0.2) is 0 Å². The van der Waals surface area contributed by atoms with Crippen molar-refractivity contribution in [3.05, 3.63) is 24.3 Å². The molecule has 1 rings (SSSR count). The summed E-state index contributed by atoms with van der Waals surface area (Å²) in [6.07, 6.45) is 1.37. The van der Waals surface area contributed by atoms with Gasteiger partial charge in [-0.3, -0.25) is 0 Å². The molecular weight excluding hydrogens is 294 g/mol. The van der Waals surface area contributed by atoms with E-state index in [0.29, 0.717) is 0 Å². The first-order chi connectivity index (χ1) is 9.44. The summed E-state index contributed by atoms with van der Waals surface area (Å²) in [4.78, 5) is 13.7. The zero-order valence-electron chi connectivity index (χ0n) is 11.9. The van der Waals surface area contributed by atoms with E-state index in [1.807, 2.05) is 20.8 Å². The van der Waals surface area contributed by atoms with Gasteiger partial charge in [0.05, 0.1) is 5.69 Å². The Bertz CT molecular complexity index is 596. The largest absolute Gasteiger partial charge is 0.311 e. The molecule has 110 valence electrons. The van der Waals surface area contributed by atoms with Gasteiger partial charge in [-0.25, -0.2) is 4.79 Å². The Morgan fingerprint density at radius 2 is 1.70 bits per heavy atom. The van der Waals surface area contributed by atoms with E-state index in [0.717, 1.165) is 18.1 Å². The highest BCUT2D eigenvalue weighted by Crippen LogP contribution is 2.31. The van der Waals surface area contributed by atoms with Crippen molar-refractivity contribution in [1.29, 1.82) is 0 Å². The topological polar surface area (TPSA) is 72.8 Å². The van der Waals surface area contributed by atoms with Crippen LogP contribution in [0.25, 0.3) is 0 Å². The summed E-state index contributed by atoms with van der Waals surface area (Å²) in [6, 6.07) is 8.20. The quantitative estimate of drug-likeness (QED) is 0.439. The lowest BCUT2D eigenvalue weighted by Gasteiger charge is -2.27. The minimum atomic E-state index is -3.92. The van der Waals surface area contributed by atoms with Crippen LogP contribution >= 0.6 is 0 Å². The molecule has 0 spiro atoms. The van der Waals surface area contributed by atoms with Crippen molar-refractivity contribution in [3.63, 3.8) is 0 Å². The van der Waals surface area contributed by atoms with Crippen LogP contribution in [0.5, 0.6) is 0 Å². The van der Waals surface area contributed by atoms with Crippen LogP contribution in [0.1, 0.15) is 20.8 Å². The molecule has 20 heavy (non-hydrogen) atoms. The molecule has 0 N–H and O–H groups in total. The van der Waals surface area contributed by atoms with E-state index in [1.54, 1.807) is 12.1 Å². The van der Waals surface area contributed by atoms with Crippen LogP contribution in [0, 0.1) is 0 Å². The molecule has 0 atom stereocenters. The first-order valence-corrected chi connectivity index (χ1v) is 10.5. The third-order valence-electron chi connectivity index (χ3n) is 3.52. The van der Waals surface area contributed by atoms with E-state index in [9.17, 15) is 13.2 Å². The Hall–Kier alpha value is -1.27. The average molecular weight is 313 g/mol. The molecule has 0 heterocycles. The number of hydrogen-bond donors (Lipinski definition) is 0.